The lowest BCUT2D eigenvalue weighted by Gasteiger charge is -2.39. The van der Waals surface area contributed by atoms with Gasteiger partial charge in [0.15, 0.2) is 5.16 Å². The number of benzene rings is 1. The number of aryl methyl sites for hydroxylation is 2. The third-order valence-corrected chi connectivity index (χ3v) is 8.97. The molecule has 1 amide bonds. The molecular weight excluding hydrogens is 457 g/mol. The fourth-order valence-corrected chi connectivity index (χ4v) is 7.42. The second-order valence-corrected chi connectivity index (χ2v) is 11.1. The fraction of sp³-hybridized carbons (Fsp3) is 0.480. The molecule has 1 saturated heterocycles. The van der Waals surface area contributed by atoms with Crippen LogP contribution in [0.4, 0.5) is 4.39 Å². The van der Waals surface area contributed by atoms with Crippen molar-refractivity contribution in [2.45, 2.75) is 76.0 Å². The van der Waals surface area contributed by atoms with Gasteiger partial charge in [0.25, 0.3) is 5.56 Å². The molecule has 174 valence electrons. The van der Waals surface area contributed by atoms with E-state index in [1.807, 2.05) is 4.90 Å². The number of carbonyl (C=O) groups excluding carboxylic acids is 1. The third kappa shape index (κ3) is 4.12. The predicted molar refractivity (Wildman–Crippen MR) is 132 cm³/mol. The van der Waals surface area contributed by atoms with E-state index in [2.05, 4.69) is 13.8 Å². The second kappa shape index (κ2) is 9.22. The van der Waals surface area contributed by atoms with Crippen molar-refractivity contribution in [1.29, 1.82) is 0 Å². The van der Waals surface area contributed by atoms with Gasteiger partial charge in [-0.15, -0.1) is 11.3 Å². The lowest BCUT2D eigenvalue weighted by atomic mass is 9.97. The SMILES string of the molecule is CC1CCCC(C)N1C(=O)CSc1nc2sc3c(c2c(=O)n1-c1ccccc1F)CCCC3. The van der Waals surface area contributed by atoms with Crippen LogP contribution in [0.25, 0.3) is 15.9 Å². The second-order valence-electron chi connectivity index (χ2n) is 9.10. The molecular formula is C25H28FN3O2S2. The number of amides is 1. The molecule has 2 aliphatic rings. The molecule has 3 heterocycles. The van der Waals surface area contributed by atoms with Gasteiger partial charge in [-0.1, -0.05) is 23.9 Å². The standard InChI is InChI=1S/C25H28FN3O2S2/c1-15-8-7-9-16(2)28(15)21(30)14-32-25-27-23-22(17-10-3-6-13-20(17)33-23)24(31)29(25)19-12-5-4-11-18(19)26/h4-5,11-12,15-16H,3,6-10,13-14H2,1-2H3. The van der Waals surface area contributed by atoms with E-state index in [0.717, 1.165) is 50.5 Å². The van der Waals surface area contributed by atoms with Gasteiger partial charge >= 0.3 is 0 Å². The number of thioether (sulfide) groups is 1. The lowest BCUT2D eigenvalue weighted by Crippen LogP contribution is -2.48. The zero-order valence-electron chi connectivity index (χ0n) is 19.0. The molecule has 8 heteroatoms. The van der Waals surface area contributed by atoms with E-state index in [4.69, 9.17) is 4.98 Å². The topological polar surface area (TPSA) is 55.2 Å². The number of carbonyl (C=O) groups is 1. The molecule has 5 rings (SSSR count). The molecule has 2 atom stereocenters. The summed E-state index contributed by atoms with van der Waals surface area (Å²) in [5, 5.41) is 0.994. The van der Waals surface area contributed by atoms with Gasteiger partial charge in [0.1, 0.15) is 10.6 Å². The molecule has 1 aliphatic carbocycles. The van der Waals surface area contributed by atoms with Crippen molar-refractivity contribution in [3.8, 4) is 5.69 Å². The molecule has 1 aromatic carbocycles. The zero-order chi connectivity index (χ0) is 23.1. The average molecular weight is 486 g/mol. The maximum absolute atomic E-state index is 14.8. The first kappa shape index (κ1) is 22.6. The van der Waals surface area contributed by atoms with E-state index in [0.29, 0.717) is 15.4 Å². The lowest BCUT2D eigenvalue weighted by molar-refractivity contribution is -0.134. The van der Waals surface area contributed by atoms with Gasteiger partial charge in [-0.2, -0.15) is 0 Å². The van der Waals surface area contributed by atoms with Gasteiger partial charge in [0.05, 0.1) is 16.8 Å². The highest BCUT2D eigenvalue weighted by Gasteiger charge is 2.30. The molecule has 2 unspecified atom stereocenters. The molecule has 33 heavy (non-hydrogen) atoms. The number of piperidine rings is 1. The summed E-state index contributed by atoms with van der Waals surface area (Å²) in [6, 6.07) is 6.69. The Hall–Kier alpha value is -2.19. The largest absolute Gasteiger partial charge is 0.337 e. The van der Waals surface area contributed by atoms with Crippen LogP contribution in [-0.2, 0) is 17.6 Å². The number of para-hydroxylation sites is 1. The summed E-state index contributed by atoms with van der Waals surface area (Å²) in [5.41, 5.74) is 1.02. The highest BCUT2D eigenvalue weighted by Crippen LogP contribution is 2.35. The number of hydrogen-bond acceptors (Lipinski definition) is 5. The summed E-state index contributed by atoms with van der Waals surface area (Å²) in [5.74, 6) is -0.262. The molecule has 1 fully saturated rings. The minimum absolute atomic E-state index is 0.0413. The fourth-order valence-electron chi connectivity index (χ4n) is 5.24. The molecule has 1 aliphatic heterocycles. The number of nitrogens with zero attached hydrogens (tertiary/aromatic N) is 3. The van der Waals surface area contributed by atoms with E-state index < -0.39 is 5.82 Å². The molecule has 0 radical (unpaired) electrons. The monoisotopic (exact) mass is 485 g/mol. The van der Waals surface area contributed by atoms with Crippen LogP contribution in [0, 0.1) is 5.82 Å². The number of fused-ring (bicyclic) bond motifs is 3. The molecule has 5 nitrogen and oxygen atoms in total. The van der Waals surface area contributed by atoms with Crippen LogP contribution < -0.4 is 5.56 Å². The maximum Gasteiger partial charge on any atom is 0.267 e. The van der Waals surface area contributed by atoms with E-state index in [9.17, 15) is 14.0 Å². The van der Waals surface area contributed by atoms with Crippen LogP contribution in [0.3, 0.4) is 0 Å². The highest BCUT2D eigenvalue weighted by molar-refractivity contribution is 7.99. The number of aromatic nitrogens is 2. The quantitative estimate of drug-likeness (QED) is 0.369. The molecule has 0 bridgehead atoms. The smallest absolute Gasteiger partial charge is 0.267 e. The van der Waals surface area contributed by atoms with Crippen molar-refractivity contribution in [3.05, 3.63) is 50.9 Å². The first-order valence-electron chi connectivity index (χ1n) is 11.7. The minimum Gasteiger partial charge on any atom is -0.337 e. The zero-order valence-corrected chi connectivity index (χ0v) is 20.6. The summed E-state index contributed by atoms with van der Waals surface area (Å²) >= 11 is 2.80. The van der Waals surface area contributed by atoms with Crippen molar-refractivity contribution < 1.29 is 9.18 Å². The third-order valence-electron chi connectivity index (χ3n) is 6.86. The Balaban J connectivity index is 1.57. The summed E-state index contributed by atoms with van der Waals surface area (Å²) in [6.07, 6.45) is 7.13. The molecule has 0 spiro atoms. The van der Waals surface area contributed by atoms with Crippen LogP contribution in [-0.4, -0.2) is 38.2 Å². The van der Waals surface area contributed by atoms with Crippen molar-refractivity contribution in [2.75, 3.05) is 5.75 Å². The molecule has 2 aromatic heterocycles. The van der Waals surface area contributed by atoms with Crippen molar-refractivity contribution >= 4 is 39.2 Å². The molecule has 3 aromatic rings. The molecule has 0 N–H and O–H groups in total. The Morgan fingerprint density at radius 1 is 1.15 bits per heavy atom. The van der Waals surface area contributed by atoms with Gasteiger partial charge < -0.3 is 4.90 Å². The minimum atomic E-state index is -0.476. The Bertz CT molecular complexity index is 1260. The Kier molecular flexibility index (Phi) is 6.31. The summed E-state index contributed by atoms with van der Waals surface area (Å²) < 4.78 is 16.2. The summed E-state index contributed by atoms with van der Waals surface area (Å²) in [4.78, 5) is 35.6. The van der Waals surface area contributed by atoms with Crippen LogP contribution in [0.15, 0.2) is 34.2 Å². The Morgan fingerprint density at radius 2 is 1.88 bits per heavy atom. The maximum atomic E-state index is 14.8. The van der Waals surface area contributed by atoms with Crippen LogP contribution >= 0.6 is 23.1 Å². The number of rotatable bonds is 4. The van der Waals surface area contributed by atoms with Crippen LogP contribution in [0.1, 0.15) is 56.4 Å². The van der Waals surface area contributed by atoms with Crippen molar-refractivity contribution in [1.82, 2.24) is 14.5 Å². The van der Waals surface area contributed by atoms with Gasteiger partial charge in [0.2, 0.25) is 5.91 Å². The van der Waals surface area contributed by atoms with E-state index in [1.54, 1.807) is 29.5 Å². The van der Waals surface area contributed by atoms with E-state index >= 15 is 0 Å². The van der Waals surface area contributed by atoms with Gasteiger partial charge in [-0.3, -0.25) is 14.2 Å². The van der Waals surface area contributed by atoms with Crippen LogP contribution in [0.2, 0.25) is 0 Å². The number of likely N-dealkylation sites (tertiary alicyclic amines) is 1. The predicted octanol–water partition coefficient (Wildman–Crippen LogP) is 5.35. The van der Waals surface area contributed by atoms with Crippen LogP contribution in [0.5, 0.6) is 0 Å². The Labute approximate surface area is 201 Å². The normalized spacial score (nSPS) is 20.8. The first-order chi connectivity index (χ1) is 16.0. The van der Waals surface area contributed by atoms with E-state index in [-0.39, 0.29) is 35.0 Å². The van der Waals surface area contributed by atoms with Gasteiger partial charge in [0, 0.05) is 17.0 Å². The van der Waals surface area contributed by atoms with Gasteiger partial charge in [-0.05, 0) is 76.5 Å². The summed E-state index contributed by atoms with van der Waals surface area (Å²) in [7, 11) is 0. The molecule has 0 saturated carbocycles. The first-order valence-corrected chi connectivity index (χ1v) is 13.5. The average Bonchev–Trinajstić information content (AvgIpc) is 3.17. The van der Waals surface area contributed by atoms with Crippen molar-refractivity contribution in [2.24, 2.45) is 0 Å². The Morgan fingerprint density at radius 3 is 2.64 bits per heavy atom. The van der Waals surface area contributed by atoms with Gasteiger partial charge in [-0.25, -0.2) is 9.37 Å². The number of thiophene rings is 1. The van der Waals surface area contributed by atoms with Crippen molar-refractivity contribution in [3.63, 3.8) is 0 Å². The highest BCUT2D eigenvalue weighted by atomic mass is 32.2. The van der Waals surface area contributed by atoms with E-state index in [1.165, 1.54) is 27.3 Å². The number of halogens is 1. The number of hydrogen-bond donors (Lipinski definition) is 0. The summed E-state index contributed by atoms with van der Waals surface area (Å²) in [6.45, 7) is 4.18.